The Kier molecular flexibility index (Phi) is 3.40. The second-order valence-electron chi connectivity index (χ2n) is 5.26. The van der Waals surface area contributed by atoms with Crippen molar-refractivity contribution in [2.24, 2.45) is 0 Å². The van der Waals surface area contributed by atoms with Crippen LogP contribution in [0, 0.1) is 5.82 Å². The van der Waals surface area contributed by atoms with E-state index >= 15 is 0 Å². The molecule has 0 saturated carbocycles. The van der Waals surface area contributed by atoms with Gasteiger partial charge in [0.1, 0.15) is 5.82 Å². The molecule has 1 N–H and O–H groups in total. The Bertz CT molecular complexity index is 680. The number of carboxylic acid groups (broad SMARTS) is 1. The highest BCUT2D eigenvalue weighted by molar-refractivity contribution is 7.22. The van der Waals surface area contributed by atoms with Gasteiger partial charge in [-0.2, -0.15) is 4.98 Å². The number of hydrogen-bond donors (Lipinski definition) is 1. The van der Waals surface area contributed by atoms with Crippen molar-refractivity contribution in [3.8, 4) is 0 Å². The lowest BCUT2D eigenvalue weighted by Crippen LogP contribution is -2.58. The number of piperazine rings is 1. The quantitative estimate of drug-likeness (QED) is 0.876. The van der Waals surface area contributed by atoms with Gasteiger partial charge in [-0.05, 0) is 19.9 Å². The number of carbonyl (C=O) groups is 1. The summed E-state index contributed by atoms with van der Waals surface area (Å²) in [4.78, 5) is 23.1. The molecule has 21 heavy (non-hydrogen) atoms. The molecule has 0 aromatic carbocycles. The van der Waals surface area contributed by atoms with Crippen LogP contribution in [0.4, 0.5) is 14.3 Å². The van der Waals surface area contributed by atoms with Gasteiger partial charge in [-0.3, -0.25) is 4.90 Å². The van der Waals surface area contributed by atoms with Crippen molar-refractivity contribution in [1.82, 2.24) is 14.9 Å². The van der Waals surface area contributed by atoms with Crippen molar-refractivity contribution in [1.29, 1.82) is 0 Å². The molecule has 3 heterocycles. The molecule has 2 aromatic heterocycles. The summed E-state index contributed by atoms with van der Waals surface area (Å²) >= 11 is 1.38. The minimum Gasteiger partial charge on any atom is -0.465 e. The number of halogens is 1. The molecule has 0 bridgehead atoms. The number of fused-ring (bicyclic) bond motifs is 1. The molecule has 1 amide bonds. The molecule has 0 radical (unpaired) electrons. The molecule has 0 unspecified atom stereocenters. The van der Waals surface area contributed by atoms with Crippen LogP contribution in [0.25, 0.3) is 10.3 Å². The largest absolute Gasteiger partial charge is 0.465 e. The van der Waals surface area contributed by atoms with Gasteiger partial charge in [-0.15, -0.1) is 0 Å². The van der Waals surface area contributed by atoms with Crippen LogP contribution in [0.15, 0.2) is 12.3 Å². The Hall–Kier alpha value is -1.96. The molecule has 0 aliphatic carbocycles. The Morgan fingerprint density at radius 2 is 2.10 bits per heavy atom. The van der Waals surface area contributed by atoms with Crippen molar-refractivity contribution in [3.63, 3.8) is 0 Å². The standard InChI is InChI=1S/C13H15FN4O2S/c1-7-5-17(6-8(2)18(7)13(19)20)12-16-11-10(21-12)3-9(14)4-15-11/h3-4,7-8H,5-6H2,1-2H3,(H,19,20)/t7-,8+. The average Bonchev–Trinajstić information content (AvgIpc) is 2.80. The van der Waals surface area contributed by atoms with Crippen LogP contribution in [-0.2, 0) is 0 Å². The molecule has 1 fully saturated rings. The molecule has 112 valence electrons. The van der Waals surface area contributed by atoms with Gasteiger partial charge >= 0.3 is 6.09 Å². The highest BCUT2D eigenvalue weighted by Crippen LogP contribution is 2.30. The van der Waals surface area contributed by atoms with E-state index in [2.05, 4.69) is 9.97 Å². The first-order valence-electron chi connectivity index (χ1n) is 6.64. The van der Waals surface area contributed by atoms with Crippen molar-refractivity contribution < 1.29 is 14.3 Å². The average molecular weight is 310 g/mol. The van der Waals surface area contributed by atoms with E-state index in [9.17, 15) is 14.3 Å². The molecule has 8 heteroatoms. The lowest BCUT2D eigenvalue weighted by Gasteiger charge is -2.42. The molecule has 3 rings (SSSR count). The van der Waals surface area contributed by atoms with Crippen LogP contribution < -0.4 is 4.90 Å². The lowest BCUT2D eigenvalue weighted by molar-refractivity contribution is 0.0982. The van der Waals surface area contributed by atoms with Crippen LogP contribution in [-0.4, -0.2) is 51.2 Å². The minimum atomic E-state index is -0.900. The third kappa shape index (κ3) is 2.51. The van der Waals surface area contributed by atoms with E-state index in [0.29, 0.717) is 23.4 Å². The summed E-state index contributed by atoms with van der Waals surface area (Å²) in [5, 5.41) is 9.98. The first kappa shape index (κ1) is 14.0. The number of amides is 1. The monoisotopic (exact) mass is 310 g/mol. The summed E-state index contributed by atoms with van der Waals surface area (Å²) in [6, 6.07) is 1.18. The summed E-state index contributed by atoms with van der Waals surface area (Å²) < 4.78 is 13.9. The Labute approximate surface area is 124 Å². The summed E-state index contributed by atoms with van der Waals surface area (Å²) in [6.45, 7) is 4.89. The molecule has 1 aliphatic heterocycles. The van der Waals surface area contributed by atoms with Gasteiger partial charge in [0.25, 0.3) is 0 Å². The molecule has 1 saturated heterocycles. The number of pyridine rings is 1. The molecule has 1 aliphatic rings. The number of aromatic nitrogens is 2. The number of rotatable bonds is 1. The molecule has 2 atom stereocenters. The zero-order valence-electron chi connectivity index (χ0n) is 11.7. The van der Waals surface area contributed by atoms with Crippen molar-refractivity contribution >= 4 is 32.9 Å². The SMILES string of the molecule is C[C@@H]1CN(c2nc3ncc(F)cc3s2)C[C@H](C)N1C(=O)O. The Morgan fingerprint density at radius 1 is 1.43 bits per heavy atom. The smallest absolute Gasteiger partial charge is 0.407 e. The highest BCUT2D eigenvalue weighted by Gasteiger charge is 2.33. The second kappa shape index (κ2) is 5.10. The first-order valence-corrected chi connectivity index (χ1v) is 7.45. The second-order valence-corrected chi connectivity index (χ2v) is 6.27. The van der Waals surface area contributed by atoms with E-state index < -0.39 is 6.09 Å². The van der Waals surface area contributed by atoms with E-state index in [1.165, 1.54) is 22.3 Å². The number of hydrogen-bond acceptors (Lipinski definition) is 5. The van der Waals surface area contributed by atoms with Crippen LogP contribution in [0.5, 0.6) is 0 Å². The van der Waals surface area contributed by atoms with Crippen molar-refractivity contribution in [2.45, 2.75) is 25.9 Å². The Balaban J connectivity index is 1.88. The molecule has 0 spiro atoms. The summed E-state index contributed by atoms with van der Waals surface area (Å²) in [7, 11) is 0. The Morgan fingerprint density at radius 3 is 2.71 bits per heavy atom. The predicted molar refractivity (Wildman–Crippen MR) is 78.4 cm³/mol. The highest BCUT2D eigenvalue weighted by atomic mass is 32.1. The van der Waals surface area contributed by atoms with E-state index in [4.69, 9.17) is 0 Å². The topological polar surface area (TPSA) is 69.6 Å². The maximum Gasteiger partial charge on any atom is 0.407 e. The molecule has 6 nitrogen and oxygen atoms in total. The van der Waals surface area contributed by atoms with Crippen molar-refractivity contribution in [2.75, 3.05) is 18.0 Å². The van der Waals surface area contributed by atoms with Crippen LogP contribution in [0.3, 0.4) is 0 Å². The maximum absolute atomic E-state index is 13.2. The van der Waals surface area contributed by atoms with E-state index in [0.717, 1.165) is 11.3 Å². The predicted octanol–water partition coefficient (Wildman–Crippen LogP) is 2.41. The minimum absolute atomic E-state index is 0.122. The van der Waals surface area contributed by atoms with Crippen LogP contribution in [0.1, 0.15) is 13.8 Å². The number of anilines is 1. The number of thiazole rings is 1. The fourth-order valence-corrected chi connectivity index (χ4v) is 3.74. The molecule has 2 aromatic rings. The zero-order valence-corrected chi connectivity index (χ0v) is 12.5. The zero-order chi connectivity index (χ0) is 15.1. The van der Waals surface area contributed by atoms with E-state index in [1.54, 1.807) is 0 Å². The normalized spacial score (nSPS) is 22.8. The first-order chi connectivity index (χ1) is 9.95. The van der Waals surface area contributed by atoms with Crippen LogP contribution in [0.2, 0.25) is 0 Å². The van der Waals surface area contributed by atoms with Gasteiger partial charge in [0.05, 0.1) is 23.0 Å². The van der Waals surface area contributed by atoms with Gasteiger partial charge in [0, 0.05) is 13.1 Å². The fraction of sp³-hybridized carbons (Fsp3) is 0.462. The van der Waals surface area contributed by atoms with E-state index in [-0.39, 0.29) is 17.9 Å². The van der Waals surface area contributed by atoms with Gasteiger partial charge in [-0.25, -0.2) is 14.2 Å². The van der Waals surface area contributed by atoms with Gasteiger partial charge in [0.2, 0.25) is 0 Å². The van der Waals surface area contributed by atoms with E-state index in [1.807, 2.05) is 18.7 Å². The molecular weight excluding hydrogens is 295 g/mol. The summed E-state index contributed by atoms with van der Waals surface area (Å²) in [5.74, 6) is -0.380. The summed E-state index contributed by atoms with van der Waals surface area (Å²) in [6.07, 6.45) is 0.252. The third-order valence-electron chi connectivity index (χ3n) is 3.61. The van der Waals surface area contributed by atoms with Gasteiger partial charge in [0.15, 0.2) is 10.8 Å². The van der Waals surface area contributed by atoms with Crippen LogP contribution >= 0.6 is 11.3 Å². The maximum atomic E-state index is 13.2. The van der Waals surface area contributed by atoms with Gasteiger partial charge in [-0.1, -0.05) is 11.3 Å². The molecular formula is C13H15FN4O2S. The van der Waals surface area contributed by atoms with Gasteiger partial charge < -0.3 is 10.0 Å². The fourth-order valence-electron chi connectivity index (χ4n) is 2.78. The summed E-state index contributed by atoms with van der Waals surface area (Å²) in [5.41, 5.74) is 0.525. The van der Waals surface area contributed by atoms with Crippen molar-refractivity contribution in [3.05, 3.63) is 18.1 Å². The third-order valence-corrected chi connectivity index (χ3v) is 4.67. The number of nitrogens with zero attached hydrogens (tertiary/aromatic N) is 4. The lowest BCUT2D eigenvalue weighted by atomic mass is 10.1.